The van der Waals surface area contributed by atoms with Crippen LogP contribution in [0, 0.1) is 0 Å². The Kier molecular flexibility index (Phi) is 5.21. The summed E-state index contributed by atoms with van der Waals surface area (Å²) >= 11 is 1.44. The summed E-state index contributed by atoms with van der Waals surface area (Å²) in [5, 5.41) is 6.53. The topological polar surface area (TPSA) is 59.5 Å². The number of benzene rings is 1. The number of fused-ring (bicyclic) bond motifs is 1. The molecule has 0 unspecified atom stereocenters. The molecule has 1 N–H and O–H groups in total. The molecule has 4 rings (SSSR count). The van der Waals surface area contributed by atoms with Gasteiger partial charge >= 0.3 is 0 Å². The Morgan fingerprint density at radius 2 is 2.14 bits per heavy atom. The number of para-hydroxylation sites is 1. The van der Waals surface area contributed by atoms with Crippen molar-refractivity contribution < 1.29 is 9.21 Å². The second-order valence-corrected chi connectivity index (χ2v) is 7.10. The van der Waals surface area contributed by atoms with Gasteiger partial charge in [0.1, 0.15) is 10.8 Å². The number of nitrogens with one attached hydrogen (secondary N) is 1. The number of furan rings is 1. The molecule has 0 saturated heterocycles. The van der Waals surface area contributed by atoms with Gasteiger partial charge in [0, 0.05) is 35.4 Å². The number of carbonyl (C=O) groups is 1. The van der Waals surface area contributed by atoms with Crippen molar-refractivity contribution in [2.45, 2.75) is 13.1 Å². The summed E-state index contributed by atoms with van der Waals surface area (Å²) in [6.45, 7) is 4.90. The Morgan fingerprint density at radius 1 is 1.25 bits per heavy atom. The van der Waals surface area contributed by atoms with Crippen molar-refractivity contribution in [1.82, 2.24) is 9.88 Å². The van der Waals surface area contributed by atoms with Crippen LogP contribution in [0.4, 0.5) is 5.00 Å². The number of allylic oxidation sites excluding steroid dienone is 1. The van der Waals surface area contributed by atoms with Crippen molar-refractivity contribution in [2.75, 3.05) is 0 Å². The van der Waals surface area contributed by atoms with E-state index in [1.807, 2.05) is 35.9 Å². The molecule has 5 nitrogen and oxygen atoms in total. The summed E-state index contributed by atoms with van der Waals surface area (Å²) < 4.78 is 7.38. The van der Waals surface area contributed by atoms with Crippen molar-refractivity contribution in [1.29, 1.82) is 0 Å². The highest BCUT2D eigenvalue weighted by atomic mass is 32.1. The van der Waals surface area contributed by atoms with Crippen LogP contribution in [-0.2, 0) is 13.1 Å². The van der Waals surface area contributed by atoms with Crippen LogP contribution in [0.2, 0.25) is 0 Å². The molecule has 0 fully saturated rings. The molecule has 0 aliphatic rings. The third-order valence-electron chi connectivity index (χ3n) is 4.36. The van der Waals surface area contributed by atoms with Crippen LogP contribution in [0.15, 0.2) is 82.4 Å². The Bertz CT molecular complexity index is 1140. The molecule has 1 aromatic carbocycles. The Morgan fingerprint density at radius 3 is 2.96 bits per heavy atom. The first kappa shape index (κ1) is 18.0. The molecular formula is C22H19N3O2S. The predicted octanol–water partition coefficient (Wildman–Crippen LogP) is 5.16. The summed E-state index contributed by atoms with van der Waals surface area (Å²) in [7, 11) is 0. The Hall–Kier alpha value is -3.38. The van der Waals surface area contributed by atoms with E-state index in [0.29, 0.717) is 22.9 Å². The SMILES string of the molecule is C=CCn1cc(C=Nc2sccc2C(=O)NCc2ccco2)c2ccccc21. The number of hydrogen-bond acceptors (Lipinski definition) is 4. The molecule has 140 valence electrons. The second-order valence-electron chi connectivity index (χ2n) is 6.20. The van der Waals surface area contributed by atoms with E-state index in [9.17, 15) is 4.79 Å². The molecule has 0 aliphatic heterocycles. The van der Waals surface area contributed by atoms with Crippen LogP contribution in [0.5, 0.6) is 0 Å². The molecule has 0 atom stereocenters. The predicted molar refractivity (Wildman–Crippen MR) is 114 cm³/mol. The van der Waals surface area contributed by atoms with Gasteiger partial charge in [-0.15, -0.1) is 17.9 Å². The Labute approximate surface area is 166 Å². The molecule has 0 aliphatic carbocycles. The standard InChI is InChI=1S/C22H19N3O2S/c1-2-10-25-15-16(18-7-3-4-8-20(18)25)13-24-22-19(9-12-28-22)21(26)23-14-17-6-5-11-27-17/h2-9,11-13,15H,1,10,14H2,(H,23,26). The maximum absolute atomic E-state index is 12.5. The largest absolute Gasteiger partial charge is 0.467 e. The fourth-order valence-electron chi connectivity index (χ4n) is 3.05. The van der Waals surface area contributed by atoms with E-state index in [-0.39, 0.29) is 5.91 Å². The van der Waals surface area contributed by atoms with Crippen LogP contribution >= 0.6 is 11.3 Å². The highest BCUT2D eigenvalue weighted by molar-refractivity contribution is 7.14. The number of rotatable bonds is 7. The first-order valence-electron chi connectivity index (χ1n) is 8.87. The van der Waals surface area contributed by atoms with E-state index >= 15 is 0 Å². The minimum Gasteiger partial charge on any atom is -0.467 e. The Balaban J connectivity index is 1.56. The van der Waals surface area contributed by atoms with Crippen molar-refractivity contribution >= 4 is 39.4 Å². The lowest BCUT2D eigenvalue weighted by Crippen LogP contribution is -2.22. The van der Waals surface area contributed by atoms with Gasteiger partial charge in [-0.2, -0.15) is 0 Å². The number of thiophene rings is 1. The number of hydrogen-bond donors (Lipinski definition) is 1. The van der Waals surface area contributed by atoms with Crippen LogP contribution in [0.3, 0.4) is 0 Å². The summed E-state index contributed by atoms with van der Waals surface area (Å²) in [5.74, 6) is 0.544. The molecule has 0 bridgehead atoms. The number of amides is 1. The van der Waals surface area contributed by atoms with Gasteiger partial charge in [0.15, 0.2) is 0 Å². The van der Waals surface area contributed by atoms with Crippen LogP contribution in [-0.4, -0.2) is 16.7 Å². The summed E-state index contributed by atoms with van der Waals surface area (Å²) in [6, 6.07) is 13.6. The van der Waals surface area contributed by atoms with Gasteiger partial charge in [-0.1, -0.05) is 24.3 Å². The van der Waals surface area contributed by atoms with E-state index in [2.05, 4.69) is 39.8 Å². The van der Waals surface area contributed by atoms with Gasteiger partial charge in [-0.25, -0.2) is 4.99 Å². The third-order valence-corrected chi connectivity index (χ3v) is 5.18. The molecule has 3 aromatic heterocycles. The van der Waals surface area contributed by atoms with E-state index in [4.69, 9.17) is 4.42 Å². The molecular weight excluding hydrogens is 370 g/mol. The first-order chi connectivity index (χ1) is 13.8. The average Bonchev–Trinajstić information content (AvgIpc) is 3.46. The lowest BCUT2D eigenvalue weighted by molar-refractivity contribution is 0.0949. The smallest absolute Gasteiger partial charge is 0.254 e. The zero-order valence-electron chi connectivity index (χ0n) is 15.2. The third kappa shape index (κ3) is 3.68. The summed E-state index contributed by atoms with van der Waals surface area (Å²) in [6.07, 6.45) is 7.33. The molecule has 1 amide bonds. The van der Waals surface area contributed by atoms with Crippen molar-refractivity contribution in [2.24, 2.45) is 4.99 Å². The van der Waals surface area contributed by atoms with Crippen molar-refractivity contribution in [3.05, 3.63) is 89.8 Å². The number of carbonyl (C=O) groups excluding carboxylic acids is 1. The minimum atomic E-state index is -0.168. The van der Waals surface area contributed by atoms with Gasteiger partial charge in [0.2, 0.25) is 0 Å². The van der Waals surface area contributed by atoms with Gasteiger partial charge in [-0.05, 0) is 29.6 Å². The number of aliphatic imine (C=N–C) groups is 1. The lowest BCUT2D eigenvalue weighted by Gasteiger charge is -2.02. The van der Waals surface area contributed by atoms with Crippen molar-refractivity contribution in [3.8, 4) is 0 Å². The lowest BCUT2D eigenvalue weighted by atomic mass is 10.2. The van der Waals surface area contributed by atoms with E-state index in [1.165, 1.54) is 11.3 Å². The molecule has 0 saturated carbocycles. The zero-order chi connectivity index (χ0) is 19.3. The highest BCUT2D eigenvalue weighted by Crippen LogP contribution is 2.27. The van der Waals surface area contributed by atoms with E-state index in [1.54, 1.807) is 18.4 Å². The maximum atomic E-state index is 12.5. The van der Waals surface area contributed by atoms with Crippen LogP contribution < -0.4 is 5.32 Å². The van der Waals surface area contributed by atoms with Gasteiger partial charge < -0.3 is 14.3 Å². The molecule has 4 aromatic rings. The molecule has 28 heavy (non-hydrogen) atoms. The quantitative estimate of drug-likeness (QED) is 0.350. The van der Waals surface area contributed by atoms with Crippen LogP contribution in [0.25, 0.3) is 10.9 Å². The second kappa shape index (κ2) is 8.10. The summed E-state index contributed by atoms with van der Waals surface area (Å²) in [5.41, 5.74) is 2.70. The fourth-order valence-corrected chi connectivity index (χ4v) is 3.78. The molecule has 0 radical (unpaired) electrons. The number of aromatic nitrogens is 1. The highest BCUT2D eigenvalue weighted by Gasteiger charge is 2.13. The monoisotopic (exact) mass is 389 g/mol. The average molecular weight is 389 g/mol. The molecule has 3 heterocycles. The molecule has 0 spiro atoms. The summed E-state index contributed by atoms with van der Waals surface area (Å²) in [4.78, 5) is 17.1. The number of nitrogens with zero attached hydrogens (tertiary/aromatic N) is 2. The van der Waals surface area contributed by atoms with Gasteiger partial charge in [-0.3, -0.25) is 4.79 Å². The fraction of sp³-hybridized carbons (Fsp3) is 0.0909. The van der Waals surface area contributed by atoms with E-state index < -0.39 is 0 Å². The van der Waals surface area contributed by atoms with Gasteiger partial charge in [0.25, 0.3) is 5.91 Å². The molecule has 6 heteroatoms. The zero-order valence-corrected chi connectivity index (χ0v) is 16.0. The first-order valence-corrected chi connectivity index (χ1v) is 9.75. The normalized spacial score (nSPS) is 11.3. The van der Waals surface area contributed by atoms with Crippen molar-refractivity contribution in [3.63, 3.8) is 0 Å². The van der Waals surface area contributed by atoms with Crippen LogP contribution in [0.1, 0.15) is 21.7 Å². The van der Waals surface area contributed by atoms with Gasteiger partial charge in [0.05, 0.1) is 18.4 Å². The van der Waals surface area contributed by atoms with E-state index in [0.717, 1.165) is 23.0 Å². The minimum absolute atomic E-state index is 0.168. The maximum Gasteiger partial charge on any atom is 0.254 e.